The lowest BCUT2D eigenvalue weighted by molar-refractivity contribution is 1.30. The largest absolute Gasteiger partial charge is 0.310 e. The van der Waals surface area contributed by atoms with Crippen LogP contribution in [0.4, 0.5) is 17.1 Å². The SMILES string of the molecule is c1ccc(-c2ccc(N(c3ccc4sc5cccc(-c6ccc(-c7ccc8ccccc8c7)cc6)c5c4c3)c3cccc4ccccc34)cc2)cc1. The van der Waals surface area contributed by atoms with Crippen molar-refractivity contribution in [3.05, 3.63) is 200 Å². The predicted molar refractivity (Wildman–Crippen MR) is 225 cm³/mol. The molecule has 0 amide bonds. The van der Waals surface area contributed by atoms with Crippen LogP contribution in [0.25, 0.3) is 75.1 Å². The van der Waals surface area contributed by atoms with Crippen molar-refractivity contribution in [1.29, 1.82) is 0 Å². The van der Waals surface area contributed by atoms with Crippen molar-refractivity contribution in [3.8, 4) is 33.4 Å². The lowest BCUT2D eigenvalue weighted by atomic mass is 9.96. The zero-order valence-corrected chi connectivity index (χ0v) is 29.2. The first-order valence-corrected chi connectivity index (χ1v) is 18.6. The Morgan fingerprint density at radius 3 is 1.79 bits per heavy atom. The minimum atomic E-state index is 1.12. The number of benzene rings is 9. The third-order valence-corrected chi connectivity index (χ3v) is 11.4. The second-order valence-electron chi connectivity index (χ2n) is 13.3. The van der Waals surface area contributed by atoms with Gasteiger partial charge in [-0.25, -0.2) is 0 Å². The van der Waals surface area contributed by atoms with E-state index in [1.54, 1.807) is 0 Å². The maximum atomic E-state index is 2.42. The summed E-state index contributed by atoms with van der Waals surface area (Å²) in [5.74, 6) is 0. The fourth-order valence-electron chi connectivity index (χ4n) is 7.67. The molecule has 0 radical (unpaired) electrons. The minimum absolute atomic E-state index is 1.12. The molecule has 0 aliphatic heterocycles. The van der Waals surface area contributed by atoms with Gasteiger partial charge in [-0.15, -0.1) is 11.3 Å². The molecule has 0 saturated carbocycles. The summed E-state index contributed by atoms with van der Waals surface area (Å²) in [5.41, 5.74) is 10.8. The summed E-state index contributed by atoms with van der Waals surface area (Å²) < 4.78 is 2.59. The topological polar surface area (TPSA) is 3.24 Å². The van der Waals surface area contributed by atoms with E-state index in [-0.39, 0.29) is 0 Å². The number of rotatable bonds is 6. The number of hydrogen-bond acceptors (Lipinski definition) is 2. The van der Waals surface area contributed by atoms with Gasteiger partial charge in [0.1, 0.15) is 0 Å². The van der Waals surface area contributed by atoms with Crippen LogP contribution in [0.3, 0.4) is 0 Å². The molecule has 9 aromatic carbocycles. The zero-order valence-electron chi connectivity index (χ0n) is 28.4. The van der Waals surface area contributed by atoms with Gasteiger partial charge in [-0.3, -0.25) is 0 Å². The van der Waals surface area contributed by atoms with Gasteiger partial charge >= 0.3 is 0 Å². The number of fused-ring (bicyclic) bond motifs is 5. The van der Waals surface area contributed by atoms with Gasteiger partial charge in [0.25, 0.3) is 0 Å². The second kappa shape index (κ2) is 12.7. The van der Waals surface area contributed by atoms with Gasteiger partial charge in [-0.05, 0) is 98.1 Å². The first-order chi connectivity index (χ1) is 25.8. The molecule has 0 aliphatic carbocycles. The molecule has 0 N–H and O–H groups in total. The van der Waals surface area contributed by atoms with Crippen LogP contribution in [-0.2, 0) is 0 Å². The van der Waals surface area contributed by atoms with Crippen molar-refractivity contribution in [2.45, 2.75) is 0 Å². The number of thiophene rings is 1. The Hall–Kier alpha value is -6.48. The fraction of sp³-hybridized carbons (Fsp3) is 0. The van der Waals surface area contributed by atoms with E-state index in [0.717, 1.165) is 17.1 Å². The van der Waals surface area contributed by atoms with Crippen LogP contribution in [0.1, 0.15) is 0 Å². The van der Waals surface area contributed by atoms with Crippen LogP contribution in [0.15, 0.2) is 200 Å². The van der Waals surface area contributed by atoms with E-state index in [9.17, 15) is 0 Å². The summed E-state index contributed by atoms with van der Waals surface area (Å²) in [4.78, 5) is 2.42. The zero-order chi connectivity index (χ0) is 34.4. The molecule has 0 aliphatic rings. The number of anilines is 3. The monoisotopic (exact) mass is 679 g/mol. The Kier molecular flexibility index (Phi) is 7.41. The molecule has 0 fully saturated rings. The van der Waals surface area contributed by atoms with Crippen molar-refractivity contribution in [3.63, 3.8) is 0 Å². The van der Waals surface area contributed by atoms with Gasteiger partial charge in [0, 0.05) is 36.9 Å². The van der Waals surface area contributed by atoms with Gasteiger partial charge in [-0.2, -0.15) is 0 Å². The standard InChI is InChI=1S/C50H33NS/c1-2-10-34(11-3-1)36-26-28-42(29-27-36)51(47-18-8-15-38-13-6-7-16-44(38)47)43-30-31-48-46(33-43)50-45(17-9-19-49(50)52-48)39-23-20-37(21-24-39)41-25-22-35-12-4-5-14-40(35)32-41/h1-33H. The van der Waals surface area contributed by atoms with Gasteiger partial charge in [0.2, 0.25) is 0 Å². The molecule has 10 rings (SSSR count). The normalized spacial score (nSPS) is 11.5. The van der Waals surface area contributed by atoms with Crippen LogP contribution in [0, 0.1) is 0 Å². The van der Waals surface area contributed by atoms with Crippen LogP contribution in [0.2, 0.25) is 0 Å². The highest BCUT2D eigenvalue weighted by molar-refractivity contribution is 7.26. The predicted octanol–water partition coefficient (Wildman–Crippen LogP) is 14.8. The maximum absolute atomic E-state index is 2.42. The molecule has 52 heavy (non-hydrogen) atoms. The second-order valence-corrected chi connectivity index (χ2v) is 14.4. The van der Waals surface area contributed by atoms with E-state index >= 15 is 0 Å². The van der Waals surface area contributed by atoms with Gasteiger partial charge in [0.05, 0.1) is 5.69 Å². The van der Waals surface area contributed by atoms with Crippen molar-refractivity contribution in [2.24, 2.45) is 0 Å². The average molecular weight is 680 g/mol. The summed E-state index contributed by atoms with van der Waals surface area (Å²) in [6.07, 6.45) is 0. The van der Waals surface area contributed by atoms with Crippen molar-refractivity contribution in [2.75, 3.05) is 4.90 Å². The van der Waals surface area contributed by atoms with Gasteiger partial charge < -0.3 is 4.90 Å². The summed E-state index contributed by atoms with van der Waals surface area (Å²) in [7, 11) is 0. The summed E-state index contributed by atoms with van der Waals surface area (Å²) >= 11 is 1.87. The lowest BCUT2D eigenvalue weighted by Crippen LogP contribution is -2.10. The Morgan fingerprint density at radius 1 is 0.327 bits per heavy atom. The van der Waals surface area contributed by atoms with E-state index in [4.69, 9.17) is 0 Å². The molecule has 1 nitrogen and oxygen atoms in total. The minimum Gasteiger partial charge on any atom is -0.310 e. The van der Waals surface area contributed by atoms with Crippen LogP contribution in [-0.4, -0.2) is 0 Å². The molecular weight excluding hydrogens is 647 g/mol. The van der Waals surface area contributed by atoms with Gasteiger partial charge in [0.15, 0.2) is 0 Å². The molecule has 10 aromatic rings. The Morgan fingerprint density at radius 2 is 0.942 bits per heavy atom. The van der Waals surface area contributed by atoms with Crippen molar-refractivity contribution in [1.82, 2.24) is 0 Å². The van der Waals surface area contributed by atoms with E-state index in [1.807, 2.05) is 11.3 Å². The number of hydrogen-bond donors (Lipinski definition) is 0. The third-order valence-electron chi connectivity index (χ3n) is 10.3. The highest BCUT2D eigenvalue weighted by atomic mass is 32.1. The number of nitrogens with zero attached hydrogens (tertiary/aromatic N) is 1. The summed E-state index contributed by atoms with van der Waals surface area (Å²) in [6.45, 7) is 0. The van der Waals surface area contributed by atoms with Crippen molar-refractivity contribution < 1.29 is 0 Å². The lowest BCUT2D eigenvalue weighted by Gasteiger charge is -2.27. The summed E-state index contributed by atoms with van der Waals surface area (Å²) in [6, 6.07) is 72.9. The maximum Gasteiger partial charge on any atom is 0.0540 e. The Labute approximate surface area is 307 Å². The molecule has 0 unspecified atom stereocenters. The third kappa shape index (κ3) is 5.33. The smallest absolute Gasteiger partial charge is 0.0540 e. The van der Waals surface area contributed by atoms with E-state index in [2.05, 4.69) is 205 Å². The molecule has 0 spiro atoms. The highest BCUT2D eigenvalue weighted by Crippen LogP contribution is 2.45. The van der Waals surface area contributed by atoms with Crippen molar-refractivity contribution >= 4 is 70.1 Å². The molecular formula is C50H33NS. The molecule has 0 atom stereocenters. The van der Waals surface area contributed by atoms with Crippen LogP contribution >= 0.6 is 11.3 Å². The Balaban J connectivity index is 1.11. The van der Waals surface area contributed by atoms with Crippen LogP contribution < -0.4 is 4.90 Å². The molecule has 2 heteroatoms. The summed E-state index contributed by atoms with van der Waals surface area (Å²) in [5, 5.41) is 7.56. The highest BCUT2D eigenvalue weighted by Gasteiger charge is 2.18. The fourth-order valence-corrected chi connectivity index (χ4v) is 8.78. The molecule has 1 aromatic heterocycles. The van der Waals surface area contributed by atoms with E-state index < -0.39 is 0 Å². The molecule has 0 bridgehead atoms. The Bertz CT molecular complexity index is 2880. The first-order valence-electron chi connectivity index (χ1n) is 17.8. The average Bonchev–Trinajstić information content (AvgIpc) is 3.60. The first kappa shape index (κ1) is 30.4. The van der Waals surface area contributed by atoms with Crippen LogP contribution in [0.5, 0.6) is 0 Å². The van der Waals surface area contributed by atoms with E-state index in [1.165, 1.54) is 75.1 Å². The van der Waals surface area contributed by atoms with E-state index in [0.29, 0.717) is 0 Å². The van der Waals surface area contributed by atoms with Gasteiger partial charge in [-0.1, -0.05) is 152 Å². The quantitative estimate of drug-likeness (QED) is 0.169. The molecule has 1 heterocycles. The molecule has 244 valence electrons. The molecule has 0 saturated heterocycles.